The van der Waals surface area contributed by atoms with Gasteiger partial charge in [-0.3, -0.25) is 0 Å². The Kier molecular flexibility index (Phi) is 4.20. The summed E-state index contributed by atoms with van der Waals surface area (Å²) >= 11 is -0.487. The molecule has 1 aromatic rings. The Bertz CT molecular complexity index is 620. The Balaban J connectivity index is 3.50. The van der Waals surface area contributed by atoms with E-state index in [1.54, 1.807) is 6.07 Å². The fourth-order valence-electron chi connectivity index (χ4n) is 1.21. The zero-order valence-electron chi connectivity index (χ0n) is 8.75. The number of hydrogen-bond donors (Lipinski definition) is 0. The van der Waals surface area contributed by atoms with Crippen LogP contribution in [0, 0.1) is 18.3 Å². The van der Waals surface area contributed by atoms with Crippen LogP contribution in [0.25, 0.3) is 0 Å². The molecule has 0 spiro atoms. The Morgan fingerprint density at radius 3 is 2.33 bits per heavy atom. The molecule has 0 unspecified atom stereocenters. The van der Waals surface area contributed by atoms with Crippen LogP contribution >= 0.6 is 22.4 Å². The number of thioether (sulfide) groups is 1. The van der Waals surface area contributed by atoms with Gasteiger partial charge in [0.1, 0.15) is 0 Å². The first kappa shape index (κ1) is 15.1. The molecule has 0 bridgehead atoms. The van der Waals surface area contributed by atoms with Crippen molar-refractivity contribution in [3.63, 3.8) is 0 Å². The van der Waals surface area contributed by atoms with E-state index in [9.17, 15) is 21.6 Å². The molecule has 0 heterocycles. The van der Waals surface area contributed by atoms with Crippen molar-refractivity contribution in [3.05, 3.63) is 23.3 Å². The quantitative estimate of drug-likeness (QED) is 0.620. The van der Waals surface area contributed by atoms with Crippen molar-refractivity contribution >= 4 is 31.5 Å². The van der Waals surface area contributed by atoms with E-state index in [1.807, 2.05) is 0 Å². The molecule has 0 saturated carbocycles. The van der Waals surface area contributed by atoms with Gasteiger partial charge in [-0.1, -0.05) is 0 Å². The summed E-state index contributed by atoms with van der Waals surface area (Å²) in [5.41, 5.74) is -4.91. The summed E-state index contributed by atoms with van der Waals surface area (Å²) in [4.78, 5) is -0.851. The molecular formula is C9H5ClF3NO2S2. The first-order valence-electron chi connectivity index (χ1n) is 4.30. The van der Waals surface area contributed by atoms with Crippen molar-refractivity contribution in [1.29, 1.82) is 5.26 Å². The second-order valence-corrected chi connectivity index (χ2v) is 6.84. The molecule has 0 aliphatic carbocycles. The van der Waals surface area contributed by atoms with E-state index >= 15 is 0 Å². The third-order valence-electron chi connectivity index (χ3n) is 1.93. The maximum Gasteiger partial charge on any atom is 0.446 e. The highest BCUT2D eigenvalue weighted by atomic mass is 35.7. The SMILES string of the molecule is Cc1c(SC(F)(F)F)cc(C#N)cc1S(=O)(=O)Cl. The second kappa shape index (κ2) is 4.99. The predicted octanol–water partition coefficient (Wildman–Crippen LogP) is 3.41. The van der Waals surface area contributed by atoms with Gasteiger partial charge >= 0.3 is 5.51 Å². The van der Waals surface area contributed by atoms with Crippen molar-refractivity contribution in [3.8, 4) is 6.07 Å². The number of alkyl halides is 3. The zero-order valence-corrected chi connectivity index (χ0v) is 11.1. The average molecular weight is 316 g/mol. The molecule has 1 aromatic carbocycles. The summed E-state index contributed by atoms with van der Waals surface area (Å²) in [6.07, 6.45) is 0. The van der Waals surface area contributed by atoms with Gasteiger partial charge in [0, 0.05) is 15.6 Å². The third-order valence-corrected chi connectivity index (χ3v) is 4.25. The minimum atomic E-state index is -4.58. The molecular weight excluding hydrogens is 311 g/mol. The van der Waals surface area contributed by atoms with Gasteiger partial charge in [0.2, 0.25) is 0 Å². The fraction of sp³-hybridized carbons (Fsp3) is 0.222. The molecule has 0 aromatic heterocycles. The van der Waals surface area contributed by atoms with E-state index in [-0.39, 0.29) is 16.0 Å². The first-order chi connectivity index (χ1) is 8.04. The summed E-state index contributed by atoms with van der Waals surface area (Å²) in [5, 5.41) is 8.66. The van der Waals surface area contributed by atoms with Gasteiger partial charge in [0.25, 0.3) is 9.05 Å². The van der Waals surface area contributed by atoms with E-state index in [4.69, 9.17) is 15.9 Å². The largest absolute Gasteiger partial charge is 0.446 e. The summed E-state index contributed by atoms with van der Waals surface area (Å²) in [6, 6.07) is 3.50. The van der Waals surface area contributed by atoms with E-state index < -0.39 is 31.2 Å². The normalized spacial score (nSPS) is 12.2. The van der Waals surface area contributed by atoms with Crippen molar-refractivity contribution in [2.45, 2.75) is 22.2 Å². The van der Waals surface area contributed by atoms with Crippen LogP contribution in [0.1, 0.15) is 11.1 Å². The molecule has 9 heteroatoms. The predicted molar refractivity (Wildman–Crippen MR) is 60.8 cm³/mol. The van der Waals surface area contributed by atoms with Gasteiger partial charge in [-0.25, -0.2) is 8.42 Å². The van der Waals surface area contributed by atoms with E-state index in [2.05, 4.69) is 0 Å². The molecule has 0 amide bonds. The lowest BCUT2D eigenvalue weighted by molar-refractivity contribution is -0.0328. The monoisotopic (exact) mass is 315 g/mol. The standard InChI is InChI=1S/C9H5ClF3NO2S2/c1-5-7(17-9(11,12)13)2-6(4-14)3-8(5)18(10,15)16/h2-3H,1H3. The fourth-order valence-corrected chi connectivity index (χ4v) is 3.20. The van der Waals surface area contributed by atoms with Crippen LogP contribution in [0.15, 0.2) is 21.9 Å². The molecule has 0 fully saturated rings. The minimum absolute atomic E-state index is 0.133. The number of hydrogen-bond acceptors (Lipinski definition) is 4. The lowest BCUT2D eigenvalue weighted by atomic mass is 10.2. The van der Waals surface area contributed by atoms with E-state index in [0.717, 1.165) is 12.1 Å². The molecule has 0 aliphatic heterocycles. The van der Waals surface area contributed by atoms with Gasteiger partial charge in [0.15, 0.2) is 0 Å². The smallest absolute Gasteiger partial charge is 0.207 e. The molecule has 0 saturated heterocycles. The summed E-state index contributed by atoms with van der Waals surface area (Å²) in [5.74, 6) is 0. The van der Waals surface area contributed by atoms with Crippen LogP contribution in [-0.2, 0) is 9.05 Å². The Morgan fingerprint density at radius 2 is 1.94 bits per heavy atom. The number of halogens is 4. The maximum atomic E-state index is 12.3. The summed E-state index contributed by atoms with van der Waals surface area (Å²) < 4.78 is 59.3. The number of benzene rings is 1. The zero-order chi connectivity index (χ0) is 14.1. The number of rotatable bonds is 2. The molecule has 0 atom stereocenters. The van der Waals surface area contributed by atoms with Gasteiger partial charge in [-0.15, -0.1) is 0 Å². The highest BCUT2D eigenvalue weighted by Gasteiger charge is 2.31. The van der Waals surface area contributed by atoms with Crippen LogP contribution in [0.4, 0.5) is 13.2 Å². The molecule has 0 aliphatic rings. The molecule has 0 radical (unpaired) electrons. The highest BCUT2D eigenvalue weighted by Crippen LogP contribution is 2.40. The van der Waals surface area contributed by atoms with Crippen LogP contribution in [0.3, 0.4) is 0 Å². The topological polar surface area (TPSA) is 57.9 Å². The minimum Gasteiger partial charge on any atom is -0.207 e. The average Bonchev–Trinajstić information content (AvgIpc) is 2.17. The molecule has 3 nitrogen and oxygen atoms in total. The van der Waals surface area contributed by atoms with Crippen molar-refractivity contribution in [2.75, 3.05) is 0 Å². The van der Waals surface area contributed by atoms with E-state index in [1.165, 1.54) is 6.92 Å². The number of nitriles is 1. The first-order valence-corrected chi connectivity index (χ1v) is 7.42. The Morgan fingerprint density at radius 1 is 1.39 bits per heavy atom. The van der Waals surface area contributed by atoms with Crippen LogP contribution in [0.5, 0.6) is 0 Å². The Labute approximate surface area is 110 Å². The van der Waals surface area contributed by atoms with Gasteiger partial charge in [0.05, 0.1) is 16.5 Å². The summed E-state index contributed by atoms with van der Waals surface area (Å²) in [6.45, 7) is 1.20. The van der Waals surface area contributed by atoms with Crippen molar-refractivity contribution in [2.24, 2.45) is 0 Å². The lowest BCUT2D eigenvalue weighted by Crippen LogP contribution is -2.03. The highest BCUT2D eigenvalue weighted by molar-refractivity contribution is 8.13. The van der Waals surface area contributed by atoms with Crippen molar-refractivity contribution < 1.29 is 21.6 Å². The molecule has 98 valence electrons. The maximum absolute atomic E-state index is 12.3. The van der Waals surface area contributed by atoms with Gasteiger partial charge < -0.3 is 0 Å². The van der Waals surface area contributed by atoms with Gasteiger partial charge in [-0.05, 0) is 36.4 Å². The third kappa shape index (κ3) is 3.80. The lowest BCUT2D eigenvalue weighted by Gasteiger charge is -2.11. The molecule has 0 N–H and O–H groups in total. The van der Waals surface area contributed by atoms with Crippen LogP contribution in [0.2, 0.25) is 0 Å². The number of nitrogens with zero attached hydrogens (tertiary/aromatic N) is 1. The summed E-state index contributed by atoms with van der Waals surface area (Å²) in [7, 11) is 0.905. The molecule has 1 rings (SSSR count). The van der Waals surface area contributed by atoms with Crippen LogP contribution in [-0.4, -0.2) is 13.9 Å². The Hall–Kier alpha value is -0.910. The van der Waals surface area contributed by atoms with Crippen molar-refractivity contribution in [1.82, 2.24) is 0 Å². The van der Waals surface area contributed by atoms with Gasteiger partial charge in [-0.2, -0.15) is 18.4 Å². The van der Waals surface area contributed by atoms with Crippen LogP contribution < -0.4 is 0 Å². The van der Waals surface area contributed by atoms with E-state index in [0.29, 0.717) is 0 Å². The second-order valence-electron chi connectivity index (χ2n) is 3.19. The molecule has 18 heavy (non-hydrogen) atoms.